The van der Waals surface area contributed by atoms with Gasteiger partial charge in [-0.05, 0) is 48.5 Å². The molecule has 3 aromatic rings. The zero-order valence-electron chi connectivity index (χ0n) is 18.7. The summed E-state index contributed by atoms with van der Waals surface area (Å²) in [5.41, 5.74) is 2.96. The number of benzene rings is 3. The highest BCUT2D eigenvalue weighted by Crippen LogP contribution is 2.19. The van der Waals surface area contributed by atoms with Crippen LogP contribution in [0.15, 0.2) is 83.8 Å². The van der Waals surface area contributed by atoms with E-state index >= 15 is 0 Å². The second-order valence-corrected chi connectivity index (χ2v) is 9.15. The Hall–Kier alpha value is -3.60. The van der Waals surface area contributed by atoms with Gasteiger partial charge < -0.3 is 10.6 Å². The van der Waals surface area contributed by atoms with Crippen molar-refractivity contribution in [1.29, 1.82) is 0 Å². The average Bonchev–Trinajstić information content (AvgIpc) is 2.83. The van der Waals surface area contributed by atoms with Gasteiger partial charge in [0.25, 0.3) is 0 Å². The third-order valence-electron chi connectivity index (χ3n) is 4.90. The summed E-state index contributed by atoms with van der Waals surface area (Å²) in [5, 5.41) is 5.83. The van der Waals surface area contributed by atoms with E-state index in [2.05, 4.69) is 22.5 Å². The predicted molar refractivity (Wildman–Crippen MR) is 133 cm³/mol. The minimum absolute atomic E-state index is 0.0303. The highest BCUT2D eigenvalue weighted by atomic mass is 32.2. The largest absolute Gasteiger partial charge is 0.376 e. The van der Waals surface area contributed by atoms with Crippen molar-refractivity contribution < 1.29 is 13.2 Å². The molecular weight excluding hydrogens is 434 g/mol. The lowest BCUT2D eigenvalue weighted by molar-refractivity contribution is -0.114. The fraction of sp³-hybridized carbons (Fsp3) is 0.192. The van der Waals surface area contributed by atoms with E-state index in [9.17, 15) is 13.2 Å². The molecule has 3 rings (SSSR count). The van der Waals surface area contributed by atoms with Crippen LogP contribution in [0.2, 0.25) is 0 Å². The maximum absolute atomic E-state index is 12.7. The molecule has 0 aromatic heterocycles. The van der Waals surface area contributed by atoms with Crippen LogP contribution in [0.25, 0.3) is 0 Å². The van der Waals surface area contributed by atoms with Gasteiger partial charge in [-0.25, -0.2) is 8.42 Å². The van der Waals surface area contributed by atoms with E-state index in [-0.39, 0.29) is 17.3 Å². The summed E-state index contributed by atoms with van der Waals surface area (Å²) in [6.07, 6.45) is 0. The van der Waals surface area contributed by atoms with E-state index in [1.54, 1.807) is 26.0 Å². The Morgan fingerprint density at radius 2 is 1.45 bits per heavy atom. The van der Waals surface area contributed by atoms with Gasteiger partial charge in [-0.1, -0.05) is 56.0 Å². The van der Waals surface area contributed by atoms with Gasteiger partial charge in [-0.15, -0.1) is 0 Å². The summed E-state index contributed by atoms with van der Waals surface area (Å²) in [4.78, 5) is 12.6. The Labute approximate surface area is 195 Å². The van der Waals surface area contributed by atoms with Gasteiger partial charge in [0, 0.05) is 35.6 Å². The molecule has 33 heavy (non-hydrogen) atoms. The first kappa shape index (κ1) is 24.1. The van der Waals surface area contributed by atoms with Crippen LogP contribution >= 0.6 is 0 Å². The topological polar surface area (TPSA) is 78.5 Å². The van der Waals surface area contributed by atoms with Crippen LogP contribution in [0.4, 0.5) is 11.4 Å². The molecule has 0 spiro atoms. The lowest BCUT2D eigenvalue weighted by Gasteiger charge is -2.19. The third-order valence-corrected chi connectivity index (χ3v) is 6.95. The fourth-order valence-electron chi connectivity index (χ4n) is 3.21. The first-order valence-electron chi connectivity index (χ1n) is 10.7. The Bertz CT molecular complexity index is 1260. The SMILES string of the molecule is CCN(CC)S(=O)(=O)c1cccc(NC(=O)CNc2cccc(C#Cc3ccccc3)c2)c1. The number of hydrogen-bond acceptors (Lipinski definition) is 4. The molecule has 0 radical (unpaired) electrons. The molecule has 0 aliphatic rings. The van der Waals surface area contributed by atoms with E-state index < -0.39 is 10.0 Å². The van der Waals surface area contributed by atoms with Gasteiger partial charge in [0.2, 0.25) is 15.9 Å². The van der Waals surface area contributed by atoms with E-state index in [4.69, 9.17) is 0 Å². The van der Waals surface area contributed by atoms with Gasteiger partial charge in [0.15, 0.2) is 0 Å². The zero-order valence-corrected chi connectivity index (χ0v) is 19.5. The number of rotatable bonds is 8. The highest BCUT2D eigenvalue weighted by molar-refractivity contribution is 7.89. The van der Waals surface area contributed by atoms with Gasteiger partial charge in [-0.3, -0.25) is 4.79 Å². The first-order chi connectivity index (χ1) is 15.9. The minimum atomic E-state index is -3.59. The van der Waals surface area contributed by atoms with Crippen LogP contribution in [-0.4, -0.2) is 38.3 Å². The number of anilines is 2. The molecule has 0 heterocycles. The Balaban J connectivity index is 1.62. The van der Waals surface area contributed by atoms with Crippen molar-refractivity contribution >= 4 is 27.3 Å². The minimum Gasteiger partial charge on any atom is -0.376 e. The molecule has 170 valence electrons. The lowest BCUT2D eigenvalue weighted by atomic mass is 10.1. The number of nitrogens with one attached hydrogen (secondary N) is 2. The number of nitrogens with zero attached hydrogens (tertiary/aromatic N) is 1. The highest BCUT2D eigenvalue weighted by Gasteiger charge is 2.21. The van der Waals surface area contributed by atoms with Crippen molar-refractivity contribution in [2.75, 3.05) is 30.3 Å². The summed E-state index contributed by atoms with van der Waals surface area (Å²) in [6, 6.07) is 23.5. The first-order valence-corrected chi connectivity index (χ1v) is 12.2. The van der Waals surface area contributed by atoms with E-state index in [1.807, 2.05) is 54.6 Å². The summed E-state index contributed by atoms with van der Waals surface area (Å²) in [5.74, 6) is 5.94. The van der Waals surface area contributed by atoms with Crippen molar-refractivity contribution in [3.8, 4) is 11.8 Å². The molecule has 0 saturated carbocycles. The third kappa shape index (κ3) is 6.69. The molecule has 0 fully saturated rings. The van der Waals surface area contributed by atoms with Crippen molar-refractivity contribution in [2.24, 2.45) is 0 Å². The lowest BCUT2D eigenvalue weighted by Crippen LogP contribution is -2.30. The molecule has 0 atom stereocenters. The van der Waals surface area contributed by atoms with Crippen molar-refractivity contribution in [3.05, 3.63) is 90.0 Å². The van der Waals surface area contributed by atoms with Gasteiger partial charge in [0.05, 0.1) is 11.4 Å². The van der Waals surface area contributed by atoms with E-state index in [1.165, 1.54) is 16.4 Å². The summed E-state index contributed by atoms with van der Waals surface area (Å²) in [7, 11) is -3.59. The van der Waals surface area contributed by atoms with Crippen LogP contribution in [0, 0.1) is 11.8 Å². The number of amides is 1. The van der Waals surface area contributed by atoms with Gasteiger partial charge >= 0.3 is 0 Å². The predicted octanol–water partition coefficient (Wildman–Crippen LogP) is 4.17. The molecule has 2 N–H and O–H groups in total. The standard InChI is InChI=1S/C26H27N3O3S/c1-3-29(4-2)33(31,32)25-15-9-14-24(19-25)28-26(30)20-27-23-13-8-12-22(18-23)17-16-21-10-6-5-7-11-21/h5-15,18-19,27H,3-4,20H2,1-2H3,(H,28,30). The van der Waals surface area contributed by atoms with Crippen molar-refractivity contribution in [3.63, 3.8) is 0 Å². The van der Waals surface area contributed by atoms with Crippen LogP contribution in [0.5, 0.6) is 0 Å². The molecule has 3 aromatic carbocycles. The monoisotopic (exact) mass is 461 g/mol. The molecule has 7 heteroatoms. The summed E-state index contributed by atoms with van der Waals surface area (Å²) in [6.45, 7) is 4.38. The van der Waals surface area contributed by atoms with Gasteiger partial charge in [-0.2, -0.15) is 4.31 Å². The molecule has 0 aliphatic carbocycles. The Morgan fingerprint density at radius 3 is 2.18 bits per heavy atom. The Morgan fingerprint density at radius 1 is 0.818 bits per heavy atom. The summed E-state index contributed by atoms with van der Waals surface area (Å²) < 4.78 is 26.8. The van der Waals surface area contributed by atoms with Crippen molar-refractivity contribution in [1.82, 2.24) is 4.31 Å². The number of carbonyl (C=O) groups excluding carboxylic acids is 1. The molecule has 0 unspecified atom stereocenters. The molecular formula is C26H27N3O3S. The molecule has 1 amide bonds. The number of hydrogen-bond donors (Lipinski definition) is 2. The van der Waals surface area contributed by atoms with E-state index in [0.717, 1.165) is 16.8 Å². The Kier molecular flexibility index (Phi) is 8.25. The van der Waals surface area contributed by atoms with Crippen LogP contribution in [-0.2, 0) is 14.8 Å². The molecule has 6 nitrogen and oxygen atoms in total. The van der Waals surface area contributed by atoms with Crippen LogP contribution in [0.3, 0.4) is 0 Å². The smallest absolute Gasteiger partial charge is 0.243 e. The maximum atomic E-state index is 12.7. The van der Waals surface area contributed by atoms with E-state index in [0.29, 0.717) is 18.8 Å². The summed E-state index contributed by atoms with van der Waals surface area (Å²) >= 11 is 0. The van der Waals surface area contributed by atoms with Crippen LogP contribution < -0.4 is 10.6 Å². The number of carbonyl (C=O) groups is 1. The maximum Gasteiger partial charge on any atom is 0.243 e. The second-order valence-electron chi connectivity index (χ2n) is 7.22. The van der Waals surface area contributed by atoms with Crippen LogP contribution in [0.1, 0.15) is 25.0 Å². The molecule has 0 bridgehead atoms. The molecule has 0 saturated heterocycles. The van der Waals surface area contributed by atoms with Gasteiger partial charge in [0.1, 0.15) is 0 Å². The fourth-order valence-corrected chi connectivity index (χ4v) is 4.71. The number of sulfonamides is 1. The zero-order chi connectivity index (χ0) is 23.7. The normalized spacial score (nSPS) is 10.9. The van der Waals surface area contributed by atoms with Crippen molar-refractivity contribution in [2.45, 2.75) is 18.7 Å². The second kappa shape index (κ2) is 11.3. The average molecular weight is 462 g/mol. The quantitative estimate of drug-likeness (QED) is 0.494. The molecule has 0 aliphatic heterocycles.